The van der Waals surface area contributed by atoms with Crippen molar-refractivity contribution >= 4 is 17.5 Å². The highest BCUT2D eigenvalue weighted by Crippen LogP contribution is 2.22. The van der Waals surface area contributed by atoms with Crippen LogP contribution in [0.25, 0.3) is 0 Å². The fourth-order valence-electron chi connectivity index (χ4n) is 3.09. The molecule has 138 valence electrons. The van der Waals surface area contributed by atoms with Crippen LogP contribution in [-0.4, -0.2) is 24.9 Å². The third-order valence-electron chi connectivity index (χ3n) is 4.88. The topological polar surface area (TPSA) is 70.2 Å². The number of piperidine rings is 1. The van der Waals surface area contributed by atoms with Crippen molar-refractivity contribution in [3.8, 4) is 0 Å². The Morgan fingerprint density at radius 2 is 1.92 bits per heavy atom. The molecule has 0 spiro atoms. The summed E-state index contributed by atoms with van der Waals surface area (Å²) < 4.78 is 0. The second kappa shape index (κ2) is 9.56. The van der Waals surface area contributed by atoms with E-state index in [1.165, 1.54) is 12.8 Å². The molecule has 1 aromatic carbocycles. The van der Waals surface area contributed by atoms with Gasteiger partial charge in [0.05, 0.1) is 0 Å². The molecule has 2 amide bonds. The van der Waals surface area contributed by atoms with Crippen molar-refractivity contribution in [2.45, 2.75) is 46.6 Å². The molecule has 25 heavy (non-hydrogen) atoms. The van der Waals surface area contributed by atoms with Crippen molar-refractivity contribution in [3.63, 3.8) is 0 Å². The van der Waals surface area contributed by atoms with Crippen molar-refractivity contribution in [3.05, 3.63) is 29.8 Å². The molecular weight excluding hydrogens is 314 g/mol. The molecule has 5 heteroatoms. The van der Waals surface area contributed by atoms with Crippen LogP contribution in [0.1, 0.15) is 45.6 Å². The van der Waals surface area contributed by atoms with E-state index >= 15 is 0 Å². The number of rotatable bonds is 7. The Balaban J connectivity index is 1.74. The van der Waals surface area contributed by atoms with Crippen molar-refractivity contribution in [1.29, 1.82) is 0 Å². The summed E-state index contributed by atoms with van der Waals surface area (Å²) in [5.74, 6) is 1.08. The molecule has 2 unspecified atom stereocenters. The molecule has 1 saturated heterocycles. The molecule has 1 heterocycles. The first-order valence-corrected chi connectivity index (χ1v) is 9.33. The first-order chi connectivity index (χ1) is 12.0. The SMILES string of the molecule is CC(C)C(=O)Nc1ccc(CNC(=O)CC(C)C2CCCNC2)cc1. The Hall–Kier alpha value is -1.88. The second-order valence-electron chi connectivity index (χ2n) is 7.41. The Bertz CT molecular complexity index is 563. The summed E-state index contributed by atoms with van der Waals surface area (Å²) in [6.07, 6.45) is 3.00. The lowest BCUT2D eigenvalue weighted by atomic mass is 9.85. The first-order valence-electron chi connectivity index (χ1n) is 9.33. The van der Waals surface area contributed by atoms with E-state index in [9.17, 15) is 9.59 Å². The summed E-state index contributed by atoms with van der Waals surface area (Å²) in [6, 6.07) is 7.62. The minimum atomic E-state index is -0.0414. The highest BCUT2D eigenvalue weighted by Gasteiger charge is 2.21. The normalized spacial score (nSPS) is 18.6. The van der Waals surface area contributed by atoms with Crippen molar-refractivity contribution in [2.75, 3.05) is 18.4 Å². The van der Waals surface area contributed by atoms with Crippen LogP contribution >= 0.6 is 0 Å². The maximum absolute atomic E-state index is 12.2. The third-order valence-corrected chi connectivity index (χ3v) is 4.88. The van der Waals surface area contributed by atoms with Crippen LogP contribution in [0.5, 0.6) is 0 Å². The van der Waals surface area contributed by atoms with E-state index < -0.39 is 0 Å². The molecule has 0 aromatic heterocycles. The summed E-state index contributed by atoms with van der Waals surface area (Å²) in [4.78, 5) is 23.8. The lowest BCUT2D eigenvalue weighted by Gasteiger charge is -2.28. The van der Waals surface area contributed by atoms with Gasteiger partial charge >= 0.3 is 0 Å². The van der Waals surface area contributed by atoms with Gasteiger partial charge in [-0.05, 0) is 55.5 Å². The lowest BCUT2D eigenvalue weighted by molar-refractivity contribution is -0.122. The maximum atomic E-state index is 12.2. The molecule has 1 aliphatic rings. The van der Waals surface area contributed by atoms with E-state index in [1.54, 1.807) is 0 Å². The van der Waals surface area contributed by atoms with Crippen LogP contribution in [0, 0.1) is 17.8 Å². The first kappa shape index (κ1) is 19.4. The Labute approximate surface area is 151 Å². The number of carbonyl (C=O) groups is 2. The quantitative estimate of drug-likeness (QED) is 0.711. The zero-order valence-corrected chi connectivity index (χ0v) is 15.6. The van der Waals surface area contributed by atoms with Gasteiger partial charge in [-0.1, -0.05) is 32.9 Å². The van der Waals surface area contributed by atoms with Crippen molar-refractivity contribution in [2.24, 2.45) is 17.8 Å². The van der Waals surface area contributed by atoms with E-state index in [4.69, 9.17) is 0 Å². The van der Waals surface area contributed by atoms with Crippen LogP contribution in [-0.2, 0) is 16.1 Å². The lowest BCUT2D eigenvalue weighted by Crippen LogP contribution is -2.35. The van der Waals surface area contributed by atoms with Gasteiger partial charge in [0.2, 0.25) is 11.8 Å². The molecular formula is C20H31N3O2. The number of hydrogen-bond donors (Lipinski definition) is 3. The largest absolute Gasteiger partial charge is 0.352 e. The molecule has 0 bridgehead atoms. The molecule has 5 nitrogen and oxygen atoms in total. The maximum Gasteiger partial charge on any atom is 0.226 e. The predicted octanol–water partition coefficient (Wildman–Crippen LogP) is 2.92. The summed E-state index contributed by atoms with van der Waals surface area (Å²) in [5, 5.41) is 9.28. The zero-order valence-electron chi connectivity index (χ0n) is 15.6. The smallest absolute Gasteiger partial charge is 0.226 e. The van der Waals surface area contributed by atoms with Crippen LogP contribution in [0.4, 0.5) is 5.69 Å². The van der Waals surface area contributed by atoms with Gasteiger partial charge in [-0.25, -0.2) is 0 Å². The summed E-state index contributed by atoms with van der Waals surface area (Å²) in [5.41, 5.74) is 1.81. The van der Waals surface area contributed by atoms with E-state index in [0.717, 1.165) is 24.3 Å². The second-order valence-corrected chi connectivity index (χ2v) is 7.41. The predicted molar refractivity (Wildman–Crippen MR) is 101 cm³/mol. The minimum Gasteiger partial charge on any atom is -0.352 e. The third kappa shape index (κ3) is 6.50. The van der Waals surface area contributed by atoms with Gasteiger partial charge in [-0.15, -0.1) is 0 Å². The Morgan fingerprint density at radius 1 is 1.20 bits per heavy atom. The number of nitrogens with one attached hydrogen (secondary N) is 3. The number of hydrogen-bond acceptors (Lipinski definition) is 3. The van der Waals surface area contributed by atoms with Gasteiger partial charge in [0, 0.05) is 24.6 Å². The number of carbonyl (C=O) groups excluding carboxylic acids is 2. The average Bonchev–Trinajstić information content (AvgIpc) is 2.61. The van der Waals surface area contributed by atoms with Gasteiger partial charge in [0.25, 0.3) is 0 Å². The van der Waals surface area contributed by atoms with Crippen LogP contribution < -0.4 is 16.0 Å². The van der Waals surface area contributed by atoms with E-state index in [0.29, 0.717) is 24.8 Å². The minimum absolute atomic E-state index is 0.00671. The van der Waals surface area contributed by atoms with E-state index in [1.807, 2.05) is 38.1 Å². The standard InChI is InChI=1S/C20H31N3O2/c1-14(2)20(25)23-18-8-6-16(7-9-18)12-22-19(24)11-15(3)17-5-4-10-21-13-17/h6-9,14-15,17,21H,4-5,10-13H2,1-3H3,(H,22,24)(H,23,25). The fraction of sp³-hybridized carbons (Fsp3) is 0.600. The van der Waals surface area contributed by atoms with Crippen LogP contribution in [0.2, 0.25) is 0 Å². The molecule has 1 fully saturated rings. The molecule has 2 atom stereocenters. The summed E-state index contributed by atoms with van der Waals surface area (Å²) in [7, 11) is 0. The van der Waals surface area contributed by atoms with Gasteiger partial charge in [0.1, 0.15) is 0 Å². The highest BCUT2D eigenvalue weighted by atomic mass is 16.2. The van der Waals surface area contributed by atoms with Crippen LogP contribution in [0.15, 0.2) is 24.3 Å². The van der Waals surface area contributed by atoms with Crippen molar-refractivity contribution < 1.29 is 9.59 Å². The molecule has 0 radical (unpaired) electrons. The molecule has 0 saturated carbocycles. The van der Waals surface area contributed by atoms with Crippen molar-refractivity contribution in [1.82, 2.24) is 10.6 Å². The average molecular weight is 345 g/mol. The van der Waals surface area contributed by atoms with Gasteiger partial charge < -0.3 is 16.0 Å². The molecule has 1 aliphatic heterocycles. The van der Waals surface area contributed by atoms with Gasteiger partial charge in [0.15, 0.2) is 0 Å². The summed E-state index contributed by atoms with van der Waals surface area (Å²) >= 11 is 0. The number of amides is 2. The summed E-state index contributed by atoms with van der Waals surface area (Å²) in [6.45, 7) is 8.55. The van der Waals surface area contributed by atoms with E-state index in [2.05, 4.69) is 22.9 Å². The number of benzene rings is 1. The molecule has 1 aromatic rings. The number of anilines is 1. The van der Waals surface area contributed by atoms with Gasteiger partial charge in [-0.2, -0.15) is 0 Å². The fourth-order valence-corrected chi connectivity index (χ4v) is 3.09. The molecule has 2 rings (SSSR count). The highest BCUT2D eigenvalue weighted by molar-refractivity contribution is 5.92. The molecule has 0 aliphatic carbocycles. The Morgan fingerprint density at radius 3 is 2.52 bits per heavy atom. The monoisotopic (exact) mass is 345 g/mol. The Kier molecular flexibility index (Phi) is 7.44. The zero-order chi connectivity index (χ0) is 18.2. The van der Waals surface area contributed by atoms with E-state index in [-0.39, 0.29) is 17.7 Å². The van der Waals surface area contributed by atoms with Crippen LogP contribution in [0.3, 0.4) is 0 Å². The van der Waals surface area contributed by atoms with Gasteiger partial charge in [-0.3, -0.25) is 9.59 Å². The molecule has 3 N–H and O–H groups in total.